The number of hydrogen-bond donors (Lipinski definition) is 0. The zero-order chi connectivity index (χ0) is 19.5. The molecule has 146 valence electrons. The molecular weight excluding hydrogens is 447 g/mol. The first-order valence-electron chi connectivity index (χ1n) is 10.1. The predicted molar refractivity (Wildman–Crippen MR) is 107 cm³/mol. The minimum absolute atomic E-state index is 0.249. The number of Topliss-reactive ketones (excluding diaryl/α,β-unsaturated/α-hetero) is 2. The SMILES string of the molecule is CCCCCC(=O)c1ccc([I-]c2ccc(C(=O)CCCCC)cc2)cc1. The molecule has 0 aliphatic heterocycles. The van der Waals surface area contributed by atoms with E-state index >= 15 is 0 Å². The van der Waals surface area contributed by atoms with Gasteiger partial charge in [-0.15, -0.1) is 0 Å². The number of carbonyl (C=O) groups is 2. The summed E-state index contributed by atoms with van der Waals surface area (Å²) < 4.78 is 2.59. The van der Waals surface area contributed by atoms with Gasteiger partial charge in [0.2, 0.25) is 0 Å². The molecule has 2 aromatic carbocycles. The van der Waals surface area contributed by atoms with Gasteiger partial charge in [0.05, 0.1) is 0 Å². The van der Waals surface area contributed by atoms with Crippen LogP contribution in [0.4, 0.5) is 0 Å². The second kappa shape index (κ2) is 12.1. The molecule has 0 heterocycles. The zero-order valence-corrected chi connectivity index (χ0v) is 18.6. The van der Waals surface area contributed by atoms with E-state index in [1.165, 1.54) is 7.14 Å². The minimum atomic E-state index is -0.288. The van der Waals surface area contributed by atoms with Gasteiger partial charge in [-0.3, -0.25) is 0 Å². The molecule has 0 amide bonds. The Morgan fingerprint density at radius 3 is 1.33 bits per heavy atom. The van der Waals surface area contributed by atoms with Crippen LogP contribution in [0.3, 0.4) is 0 Å². The third-order valence-electron chi connectivity index (χ3n) is 4.57. The predicted octanol–water partition coefficient (Wildman–Crippen LogP) is 3.34. The number of carbonyl (C=O) groups excluding carboxylic acids is 2. The van der Waals surface area contributed by atoms with Crippen molar-refractivity contribution in [3.05, 3.63) is 66.8 Å². The van der Waals surface area contributed by atoms with Gasteiger partial charge in [0.1, 0.15) is 0 Å². The summed E-state index contributed by atoms with van der Waals surface area (Å²) in [5.41, 5.74) is 1.65. The molecule has 0 saturated carbocycles. The van der Waals surface area contributed by atoms with E-state index in [2.05, 4.69) is 38.1 Å². The van der Waals surface area contributed by atoms with Gasteiger partial charge in [0, 0.05) is 0 Å². The molecule has 2 aromatic rings. The fraction of sp³-hybridized carbons (Fsp3) is 0.417. The second-order valence-corrected chi connectivity index (χ2v) is 9.90. The molecule has 0 atom stereocenters. The molecule has 0 spiro atoms. The van der Waals surface area contributed by atoms with Crippen molar-refractivity contribution >= 4 is 11.6 Å². The third kappa shape index (κ3) is 7.57. The molecule has 0 aliphatic carbocycles. The van der Waals surface area contributed by atoms with Crippen molar-refractivity contribution in [3.63, 3.8) is 0 Å². The van der Waals surface area contributed by atoms with Gasteiger partial charge in [-0.1, -0.05) is 0 Å². The number of ketones is 2. The van der Waals surface area contributed by atoms with Crippen molar-refractivity contribution in [1.82, 2.24) is 0 Å². The van der Waals surface area contributed by atoms with Crippen LogP contribution in [0.1, 0.15) is 85.9 Å². The van der Waals surface area contributed by atoms with Crippen molar-refractivity contribution in [2.75, 3.05) is 0 Å². The molecule has 3 heteroatoms. The Kier molecular flexibility index (Phi) is 9.74. The van der Waals surface area contributed by atoms with E-state index in [1.54, 1.807) is 0 Å². The average molecular weight is 477 g/mol. The zero-order valence-electron chi connectivity index (χ0n) is 16.5. The van der Waals surface area contributed by atoms with Crippen molar-refractivity contribution < 1.29 is 30.8 Å². The summed E-state index contributed by atoms with van der Waals surface area (Å²) >= 11 is -0.288. The molecule has 0 bridgehead atoms. The van der Waals surface area contributed by atoms with E-state index < -0.39 is 0 Å². The Morgan fingerprint density at radius 2 is 1.00 bits per heavy atom. The maximum atomic E-state index is 12.2. The first-order valence-corrected chi connectivity index (χ1v) is 12.2. The van der Waals surface area contributed by atoms with Crippen LogP contribution >= 0.6 is 0 Å². The number of hydrogen-bond acceptors (Lipinski definition) is 2. The maximum absolute atomic E-state index is 12.2. The van der Waals surface area contributed by atoms with Crippen molar-refractivity contribution in [3.8, 4) is 0 Å². The Hall–Kier alpha value is -1.49. The fourth-order valence-electron chi connectivity index (χ4n) is 2.88. The van der Waals surface area contributed by atoms with E-state index in [4.69, 9.17) is 0 Å². The number of rotatable bonds is 12. The molecule has 2 rings (SSSR count). The number of benzene rings is 2. The quantitative estimate of drug-likeness (QED) is 0.267. The van der Waals surface area contributed by atoms with Crippen LogP contribution in [-0.2, 0) is 0 Å². The van der Waals surface area contributed by atoms with Crippen molar-refractivity contribution in [2.45, 2.75) is 65.2 Å². The van der Waals surface area contributed by atoms with Crippen LogP contribution in [-0.4, -0.2) is 11.6 Å². The number of halogens is 1. The molecule has 0 radical (unpaired) electrons. The Labute approximate surface area is 174 Å². The standard InChI is InChI=1S/C24H30IO2/c1-3-5-7-9-23(26)19-11-15-21(16-12-19)25-22-17-13-20(14-18-22)24(27)10-8-6-4-2/h11-18H,3-10H2,1-2H3/q-1. The van der Waals surface area contributed by atoms with Gasteiger partial charge in [-0.2, -0.15) is 0 Å². The van der Waals surface area contributed by atoms with Crippen LogP contribution in [0.5, 0.6) is 0 Å². The summed E-state index contributed by atoms with van der Waals surface area (Å²) in [7, 11) is 0. The summed E-state index contributed by atoms with van der Waals surface area (Å²) in [6, 6.07) is 16.2. The van der Waals surface area contributed by atoms with Gasteiger partial charge >= 0.3 is 174 Å². The Bertz CT molecular complexity index is 654. The normalized spacial score (nSPS) is 10.9. The van der Waals surface area contributed by atoms with E-state index in [9.17, 15) is 9.59 Å². The van der Waals surface area contributed by atoms with Gasteiger partial charge in [-0.05, 0) is 0 Å². The molecule has 27 heavy (non-hydrogen) atoms. The molecule has 2 nitrogen and oxygen atoms in total. The van der Waals surface area contributed by atoms with Crippen molar-refractivity contribution in [1.29, 1.82) is 0 Å². The van der Waals surface area contributed by atoms with Crippen LogP contribution in [0.2, 0.25) is 0 Å². The monoisotopic (exact) mass is 477 g/mol. The fourth-order valence-corrected chi connectivity index (χ4v) is 5.04. The molecule has 0 saturated heterocycles. The average Bonchev–Trinajstić information content (AvgIpc) is 2.69. The van der Waals surface area contributed by atoms with Gasteiger partial charge in [-0.25, -0.2) is 0 Å². The molecule has 0 aromatic heterocycles. The molecular formula is C24H30IO2-. The third-order valence-corrected chi connectivity index (χ3v) is 7.25. The summed E-state index contributed by atoms with van der Waals surface area (Å²) in [5, 5.41) is 0. The van der Waals surface area contributed by atoms with Gasteiger partial charge in [0.25, 0.3) is 0 Å². The topological polar surface area (TPSA) is 34.1 Å². The molecule has 0 aliphatic rings. The summed E-state index contributed by atoms with van der Waals surface area (Å²) in [6.45, 7) is 4.30. The summed E-state index contributed by atoms with van der Waals surface area (Å²) in [5.74, 6) is 0.498. The first kappa shape index (κ1) is 21.8. The summed E-state index contributed by atoms with van der Waals surface area (Å²) in [6.07, 6.45) is 7.77. The molecule has 0 N–H and O–H groups in total. The van der Waals surface area contributed by atoms with E-state index in [-0.39, 0.29) is 32.8 Å². The molecule has 0 unspecified atom stereocenters. The van der Waals surface area contributed by atoms with Crippen LogP contribution in [0, 0.1) is 7.14 Å². The van der Waals surface area contributed by atoms with Gasteiger partial charge in [0.15, 0.2) is 0 Å². The van der Waals surface area contributed by atoms with Crippen LogP contribution in [0.15, 0.2) is 48.5 Å². The first-order chi connectivity index (χ1) is 13.1. The van der Waals surface area contributed by atoms with E-state index in [0.717, 1.165) is 49.7 Å². The molecule has 0 fully saturated rings. The Morgan fingerprint density at radius 1 is 0.630 bits per heavy atom. The number of unbranched alkanes of at least 4 members (excludes halogenated alkanes) is 4. The second-order valence-electron chi connectivity index (χ2n) is 6.87. The van der Waals surface area contributed by atoms with E-state index in [0.29, 0.717) is 12.8 Å². The van der Waals surface area contributed by atoms with Gasteiger partial charge < -0.3 is 0 Å². The van der Waals surface area contributed by atoms with Crippen LogP contribution < -0.4 is 21.2 Å². The Balaban J connectivity index is 1.89. The summed E-state index contributed by atoms with van der Waals surface area (Å²) in [4.78, 5) is 24.3. The van der Waals surface area contributed by atoms with E-state index in [1.807, 2.05) is 24.3 Å². The van der Waals surface area contributed by atoms with Crippen molar-refractivity contribution in [2.24, 2.45) is 0 Å². The van der Waals surface area contributed by atoms with Crippen LogP contribution in [0.25, 0.3) is 0 Å².